The Labute approximate surface area is 73.0 Å². The lowest BCUT2D eigenvalue weighted by atomic mass is 9.95. The lowest BCUT2D eigenvalue weighted by Gasteiger charge is -2.03. The summed E-state index contributed by atoms with van der Waals surface area (Å²) in [5, 5.41) is 0. The van der Waals surface area contributed by atoms with E-state index in [1.54, 1.807) is 0 Å². The van der Waals surface area contributed by atoms with Crippen LogP contribution in [0.1, 0.15) is 0 Å². The minimum Gasteiger partial charge on any atom is -0.373 e. The van der Waals surface area contributed by atoms with Gasteiger partial charge in [0.1, 0.15) is 14.0 Å². The molecular formula is C5H5BFIO2. The van der Waals surface area contributed by atoms with Gasteiger partial charge in [-0.25, -0.2) is 4.39 Å². The molecule has 1 rings (SSSR count). The van der Waals surface area contributed by atoms with Gasteiger partial charge in [0.05, 0.1) is 6.00 Å². The second-order valence-corrected chi connectivity index (χ2v) is 2.93. The summed E-state index contributed by atoms with van der Waals surface area (Å²) in [5.74, 6) is -0.526. The summed E-state index contributed by atoms with van der Waals surface area (Å²) < 4.78 is 17.8. The van der Waals surface area contributed by atoms with Crippen LogP contribution in [0.4, 0.5) is 4.39 Å². The van der Waals surface area contributed by atoms with Crippen LogP contribution in [-0.4, -0.2) is 36.3 Å². The molecule has 3 atom stereocenters. The molecule has 0 N–H and O–H groups in total. The van der Waals surface area contributed by atoms with Crippen molar-refractivity contribution in [2.75, 3.05) is 4.43 Å². The third-order valence-electron chi connectivity index (χ3n) is 1.34. The first kappa shape index (κ1) is 8.45. The van der Waals surface area contributed by atoms with Gasteiger partial charge in [0.25, 0.3) is 0 Å². The summed E-state index contributed by atoms with van der Waals surface area (Å²) in [6.07, 6.45) is -2.26. The molecule has 1 saturated heterocycles. The van der Waals surface area contributed by atoms with E-state index in [1.807, 2.05) is 22.6 Å². The van der Waals surface area contributed by atoms with E-state index in [0.29, 0.717) is 4.43 Å². The average Bonchev–Trinajstić information content (AvgIpc) is 2.17. The number of rotatable bonds is 1. The van der Waals surface area contributed by atoms with Crippen molar-refractivity contribution in [3.05, 3.63) is 0 Å². The Morgan fingerprint density at radius 1 is 1.80 bits per heavy atom. The SMILES string of the molecule is [B][C@@H]1O[C@H](CI)C(=O)C1F. The smallest absolute Gasteiger partial charge is 0.198 e. The summed E-state index contributed by atoms with van der Waals surface area (Å²) in [4.78, 5) is 10.8. The molecule has 0 aromatic carbocycles. The van der Waals surface area contributed by atoms with Crippen molar-refractivity contribution in [1.29, 1.82) is 0 Å². The molecule has 0 amide bonds. The molecule has 0 aromatic rings. The minimum absolute atomic E-state index is 0.463. The van der Waals surface area contributed by atoms with Crippen LogP contribution in [0, 0.1) is 0 Å². The maximum absolute atomic E-state index is 12.5. The van der Waals surface area contributed by atoms with Crippen LogP contribution in [-0.2, 0) is 9.53 Å². The monoisotopic (exact) mass is 254 g/mol. The summed E-state index contributed by atoms with van der Waals surface area (Å²) in [6, 6.07) is -1.05. The fourth-order valence-corrected chi connectivity index (χ4v) is 1.42. The third-order valence-corrected chi connectivity index (χ3v) is 2.14. The Balaban J connectivity index is 2.62. The molecule has 0 aliphatic carbocycles. The average molecular weight is 254 g/mol. The lowest BCUT2D eigenvalue weighted by Crippen LogP contribution is -2.23. The van der Waals surface area contributed by atoms with Crippen LogP contribution in [0.25, 0.3) is 0 Å². The van der Waals surface area contributed by atoms with E-state index < -0.39 is 24.1 Å². The quantitative estimate of drug-likeness (QED) is 0.380. The number of carbonyl (C=O) groups is 1. The van der Waals surface area contributed by atoms with Gasteiger partial charge in [-0.2, -0.15) is 0 Å². The van der Waals surface area contributed by atoms with Crippen LogP contribution in [0.2, 0.25) is 0 Å². The van der Waals surface area contributed by atoms with Crippen LogP contribution in [0.3, 0.4) is 0 Å². The molecule has 1 heterocycles. The Morgan fingerprint density at radius 3 is 2.60 bits per heavy atom. The van der Waals surface area contributed by atoms with E-state index in [9.17, 15) is 9.18 Å². The van der Waals surface area contributed by atoms with Crippen molar-refractivity contribution in [2.24, 2.45) is 0 Å². The number of carbonyl (C=O) groups excluding carboxylic acids is 1. The molecule has 2 radical (unpaired) electrons. The largest absolute Gasteiger partial charge is 0.373 e. The van der Waals surface area contributed by atoms with Gasteiger partial charge in [0.15, 0.2) is 12.0 Å². The molecule has 54 valence electrons. The molecule has 10 heavy (non-hydrogen) atoms. The van der Waals surface area contributed by atoms with E-state index in [4.69, 9.17) is 12.6 Å². The van der Waals surface area contributed by atoms with Crippen LogP contribution in [0.15, 0.2) is 0 Å². The lowest BCUT2D eigenvalue weighted by molar-refractivity contribution is -0.124. The fraction of sp³-hybridized carbons (Fsp3) is 0.800. The maximum Gasteiger partial charge on any atom is 0.198 e. The first-order chi connectivity index (χ1) is 4.66. The van der Waals surface area contributed by atoms with Crippen LogP contribution < -0.4 is 0 Å². The normalized spacial score (nSPS) is 40.6. The third kappa shape index (κ3) is 1.34. The predicted molar refractivity (Wildman–Crippen MR) is 43.2 cm³/mol. The molecule has 0 spiro atoms. The van der Waals surface area contributed by atoms with Gasteiger partial charge >= 0.3 is 0 Å². The van der Waals surface area contributed by atoms with Gasteiger partial charge in [0.2, 0.25) is 0 Å². The summed E-state index contributed by atoms with van der Waals surface area (Å²) in [7, 11) is 5.11. The number of alkyl halides is 2. The van der Waals surface area contributed by atoms with Crippen molar-refractivity contribution < 1.29 is 13.9 Å². The molecule has 1 aliphatic heterocycles. The molecular weight excluding hydrogens is 249 g/mol. The summed E-state index contributed by atoms with van der Waals surface area (Å²) in [6.45, 7) is 0. The molecule has 2 nitrogen and oxygen atoms in total. The molecule has 0 saturated carbocycles. The van der Waals surface area contributed by atoms with Gasteiger partial charge in [0, 0.05) is 4.43 Å². The number of hydrogen-bond acceptors (Lipinski definition) is 2. The van der Waals surface area contributed by atoms with Crippen molar-refractivity contribution in [3.8, 4) is 0 Å². The standard InChI is InChI=1S/C5H5BFIO2/c6-5-3(7)4(9)2(1-8)10-5/h2-3,5H,1H2/t2-,3?,5-/m1/s1. The second kappa shape index (κ2) is 3.17. The van der Waals surface area contributed by atoms with Crippen LogP contribution >= 0.6 is 22.6 Å². The molecule has 0 bridgehead atoms. The van der Waals surface area contributed by atoms with Gasteiger partial charge in [-0.15, -0.1) is 0 Å². The first-order valence-corrected chi connectivity index (χ1v) is 4.34. The maximum atomic E-state index is 12.5. The van der Waals surface area contributed by atoms with Gasteiger partial charge in [-0.1, -0.05) is 22.6 Å². The number of ether oxygens (including phenoxy) is 1. The number of halogens is 2. The predicted octanol–water partition coefficient (Wildman–Crippen LogP) is 0.222. The summed E-state index contributed by atoms with van der Waals surface area (Å²) >= 11 is 1.96. The highest BCUT2D eigenvalue weighted by atomic mass is 127. The number of Topliss-reactive ketones (excluding diaryl/α,β-unsaturated/α-hetero) is 1. The van der Waals surface area contributed by atoms with Gasteiger partial charge in [-0.3, -0.25) is 4.79 Å². The molecule has 1 unspecified atom stereocenters. The second-order valence-electron chi connectivity index (χ2n) is 2.05. The Kier molecular flexibility index (Phi) is 2.68. The van der Waals surface area contributed by atoms with Crippen molar-refractivity contribution in [2.45, 2.75) is 18.3 Å². The zero-order valence-corrected chi connectivity index (χ0v) is 7.25. The van der Waals surface area contributed by atoms with E-state index in [0.717, 1.165) is 0 Å². The molecule has 1 aliphatic rings. The Hall–Kier alpha value is 0.355. The van der Waals surface area contributed by atoms with Gasteiger partial charge in [-0.05, 0) is 0 Å². The topological polar surface area (TPSA) is 26.3 Å². The number of ketones is 1. The zero-order valence-electron chi connectivity index (χ0n) is 5.09. The van der Waals surface area contributed by atoms with Crippen LogP contribution in [0.5, 0.6) is 0 Å². The van der Waals surface area contributed by atoms with E-state index in [2.05, 4.69) is 0 Å². The Morgan fingerprint density at radius 2 is 2.40 bits per heavy atom. The molecule has 1 fully saturated rings. The summed E-state index contributed by atoms with van der Waals surface area (Å²) in [5.41, 5.74) is 0. The zero-order chi connectivity index (χ0) is 7.72. The first-order valence-electron chi connectivity index (χ1n) is 2.81. The highest BCUT2D eigenvalue weighted by Crippen LogP contribution is 2.18. The van der Waals surface area contributed by atoms with Crippen molar-refractivity contribution >= 4 is 36.2 Å². The molecule has 0 aromatic heterocycles. The van der Waals surface area contributed by atoms with E-state index >= 15 is 0 Å². The molecule has 5 heteroatoms. The highest BCUT2D eigenvalue weighted by molar-refractivity contribution is 14.1. The van der Waals surface area contributed by atoms with Crippen molar-refractivity contribution in [1.82, 2.24) is 0 Å². The minimum atomic E-state index is -1.63. The van der Waals surface area contributed by atoms with E-state index in [-0.39, 0.29) is 0 Å². The fourth-order valence-electron chi connectivity index (χ4n) is 0.778. The van der Waals surface area contributed by atoms with Crippen molar-refractivity contribution in [3.63, 3.8) is 0 Å². The number of hydrogen-bond donors (Lipinski definition) is 0. The highest BCUT2D eigenvalue weighted by Gasteiger charge is 2.39. The van der Waals surface area contributed by atoms with E-state index in [1.165, 1.54) is 0 Å². The van der Waals surface area contributed by atoms with Gasteiger partial charge < -0.3 is 4.74 Å². The Bertz CT molecular complexity index is 155.